The molecule has 7 nitrogen and oxygen atoms in total. The van der Waals surface area contributed by atoms with Crippen LogP contribution in [0, 0.1) is 0 Å². The van der Waals surface area contributed by atoms with Gasteiger partial charge in [-0.25, -0.2) is 9.79 Å². The van der Waals surface area contributed by atoms with Crippen molar-refractivity contribution in [2.24, 2.45) is 4.99 Å². The Bertz CT molecular complexity index is 446. The first-order chi connectivity index (χ1) is 7.69. The molecule has 16 heavy (non-hydrogen) atoms. The van der Waals surface area contributed by atoms with E-state index in [-0.39, 0.29) is 5.84 Å². The van der Waals surface area contributed by atoms with Gasteiger partial charge >= 0.3 is 6.03 Å². The van der Waals surface area contributed by atoms with E-state index in [1.54, 1.807) is 12.1 Å². The molecule has 0 aromatic carbocycles. The van der Waals surface area contributed by atoms with Gasteiger partial charge < -0.3 is 9.84 Å². The minimum Gasteiger partial charge on any atom is -0.497 e. The molecule has 0 spiro atoms. The Balaban J connectivity index is 2.32. The van der Waals surface area contributed by atoms with Gasteiger partial charge in [0.1, 0.15) is 11.4 Å². The number of amides is 2. The molecule has 0 aliphatic carbocycles. The SMILES string of the molecule is COc1ccnc(C2=NC(O)NC(=O)N2)c1. The number of hydrogen-bond donors (Lipinski definition) is 3. The molecular formula is C9H10N4O3. The topological polar surface area (TPSA) is 95.8 Å². The van der Waals surface area contributed by atoms with Crippen LogP contribution in [0.1, 0.15) is 5.69 Å². The molecule has 1 aromatic heterocycles. The van der Waals surface area contributed by atoms with E-state index in [1.807, 2.05) is 0 Å². The third-order valence-corrected chi connectivity index (χ3v) is 1.95. The average Bonchev–Trinajstić information content (AvgIpc) is 2.28. The molecule has 1 atom stereocenters. The van der Waals surface area contributed by atoms with E-state index >= 15 is 0 Å². The second kappa shape index (κ2) is 4.15. The van der Waals surface area contributed by atoms with Gasteiger partial charge in [-0.15, -0.1) is 0 Å². The first-order valence-electron chi connectivity index (χ1n) is 4.53. The van der Waals surface area contributed by atoms with Crippen LogP contribution in [0.25, 0.3) is 0 Å². The largest absolute Gasteiger partial charge is 0.497 e. The maximum Gasteiger partial charge on any atom is 0.323 e. The fraction of sp³-hybridized carbons (Fsp3) is 0.222. The first-order valence-corrected chi connectivity index (χ1v) is 4.53. The second-order valence-electron chi connectivity index (χ2n) is 3.03. The Labute approximate surface area is 91.2 Å². The predicted octanol–water partition coefficient (Wildman–Crippen LogP) is -0.575. The lowest BCUT2D eigenvalue weighted by Gasteiger charge is -2.18. The van der Waals surface area contributed by atoms with Gasteiger partial charge in [-0.2, -0.15) is 0 Å². The summed E-state index contributed by atoms with van der Waals surface area (Å²) in [6, 6.07) is 2.75. The molecule has 84 valence electrons. The molecule has 0 saturated heterocycles. The van der Waals surface area contributed by atoms with Gasteiger partial charge in [0, 0.05) is 12.3 Å². The summed E-state index contributed by atoms with van der Waals surface area (Å²) in [5.41, 5.74) is 0.424. The molecule has 1 aliphatic heterocycles. The molecule has 2 rings (SSSR count). The van der Waals surface area contributed by atoms with E-state index in [2.05, 4.69) is 20.6 Å². The second-order valence-corrected chi connectivity index (χ2v) is 3.03. The molecule has 1 aliphatic rings. The normalized spacial score (nSPS) is 19.5. The standard InChI is InChI=1S/C9H10N4O3/c1-16-5-2-3-10-6(4-5)7-11-8(14)13-9(15)12-7/h2-4,8,14H,1H3,(H2,11,12,13,15). The zero-order valence-corrected chi connectivity index (χ0v) is 8.47. The zero-order valence-electron chi connectivity index (χ0n) is 8.47. The lowest BCUT2D eigenvalue weighted by Crippen LogP contribution is -2.50. The van der Waals surface area contributed by atoms with Gasteiger partial charge in [0.2, 0.25) is 6.35 Å². The molecule has 0 bridgehead atoms. The smallest absolute Gasteiger partial charge is 0.323 e. The van der Waals surface area contributed by atoms with Crippen LogP contribution in [-0.2, 0) is 0 Å². The average molecular weight is 222 g/mol. The molecule has 2 heterocycles. The highest BCUT2D eigenvalue weighted by Crippen LogP contribution is 2.11. The van der Waals surface area contributed by atoms with Gasteiger partial charge in [-0.1, -0.05) is 0 Å². The van der Waals surface area contributed by atoms with E-state index in [4.69, 9.17) is 4.74 Å². The predicted molar refractivity (Wildman–Crippen MR) is 55.0 cm³/mol. The molecular weight excluding hydrogens is 212 g/mol. The van der Waals surface area contributed by atoms with Crippen LogP contribution < -0.4 is 15.4 Å². The van der Waals surface area contributed by atoms with Crippen LogP contribution in [0.4, 0.5) is 4.79 Å². The number of nitrogens with one attached hydrogen (secondary N) is 2. The first kappa shape index (κ1) is 10.4. The quantitative estimate of drug-likeness (QED) is 0.624. The number of methoxy groups -OCH3 is 1. The maximum atomic E-state index is 11.1. The van der Waals surface area contributed by atoms with Crippen molar-refractivity contribution in [2.75, 3.05) is 7.11 Å². The molecule has 0 saturated carbocycles. The van der Waals surface area contributed by atoms with Crippen LogP contribution in [0.3, 0.4) is 0 Å². The van der Waals surface area contributed by atoms with Crippen LogP contribution in [-0.4, -0.2) is 35.4 Å². The summed E-state index contributed by atoms with van der Waals surface area (Å²) < 4.78 is 5.01. The number of aliphatic hydroxyl groups is 1. The van der Waals surface area contributed by atoms with Crippen molar-refractivity contribution < 1.29 is 14.6 Å². The molecule has 0 radical (unpaired) electrons. The summed E-state index contributed by atoms with van der Waals surface area (Å²) >= 11 is 0. The van der Waals surface area contributed by atoms with Crippen molar-refractivity contribution in [3.05, 3.63) is 24.0 Å². The minimum atomic E-state index is -1.25. The van der Waals surface area contributed by atoms with Crippen molar-refractivity contribution in [3.8, 4) is 5.75 Å². The number of nitrogens with zero attached hydrogens (tertiary/aromatic N) is 2. The number of aromatic nitrogens is 1. The Morgan fingerprint density at radius 1 is 1.56 bits per heavy atom. The van der Waals surface area contributed by atoms with Crippen LogP contribution in [0.15, 0.2) is 23.3 Å². The van der Waals surface area contributed by atoms with Crippen LogP contribution in [0.5, 0.6) is 5.75 Å². The van der Waals surface area contributed by atoms with Crippen molar-refractivity contribution in [1.29, 1.82) is 0 Å². The van der Waals surface area contributed by atoms with Gasteiger partial charge in [-0.3, -0.25) is 15.6 Å². The van der Waals surface area contributed by atoms with E-state index in [0.29, 0.717) is 11.4 Å². The number of urea groups is 1. The molecule has 1 unspecified atom stereocenters. The van der Waals surface area contributed by atoms with Crippen molar-refractivity contribution in [3.63, 3.8) is 0 Å². The monoisotopic (exact) mass is 222 g/mol. The number of carbonyl (C=O) groups excluding carboxylic acids is 1. The number of hydrogen-bond acceptors (Lipinski definition) is 5. The van der Waals surface area contributed by atoms with E-state index in [1.165, 1.54) is 13.3 Å². The molecule has 1 aromatic rings. The molecule has 7 heteroatoms. The van der Waals surface area contributed by atoms with Gasteiger partial charge in [-0.05, 0) is 6.07 Å². The highest BCUT2D eigenvalue weighted by Gasteiger charge is 2.19. The van der Waals surface area contributed by atoms with E-state index < -0.39 is 12.4 Å². The highest BCUT2D eigenvalue weighted by molar-refractivity contribution is 6.07. The maximum absolute atomic E-state index is 11.1. The number of carbonyl (C=O) groups is 1. The van der Waals surface area contributed by atoms with Gasteiger partial charge in [0.05, 0.1) is 7.11 Å². The summed E-state index contributed by atoms with van der Waals surface area (Å²) in [6.45, 7) is 0. The molecule has 0 fully saturated rings. The van der Waals surface area contributed by atoms with Crippen molar-refractivity contribution >= 4 is 11.9 Å². The summed E-state index contributed by atoms with van der Waals surface area (Å²) in [6.07, 6.45) is 0.272. The number of amidine groups is 1. The summed E-state index contributed by atoms with van der Waals surface area (Å²) in [5, 5.41) is 13.8. The third-order valence-electron chi connectivity index (χ3n) is 1.95. The number of pyridine rings is 1. The lowest BCUT2D eigenvalue weighted by atomic mass is 10.3. The molecule has 3 N–H and O–H groups in total. The Hall–Kier alpha value is -2.15. The zero-order chi connectivity index (χ0) is 11.5. The van der Waals surface area contributed by atoms with Crippen LogP contribution in [0.2, 0.25) is 0 Å². The Kier molecular flexibility index (Phi) is 2.69. The number of aliphatic hydroxyl groups excluding tert-OH is 1. The van der Waals surface area contributed by atoms with Crippen molar-refractivity contribution in [2.45, 2.75) is 6.35 Å². The van der Waals surface area contributed by atoms with Gasteiger partial charge in [0.25, 0.3) is 0 Å². The molecule has 2 amide bonds. The van der Waals surface area contributed by atoms with Gasteiger partial charge in [0.15, 0.2) is 5.84 Å². The lowest BCUT2D eigenvalue weighted by molar-refractivity contribution is 0.145. The number of ether oxygens (including phenoxy) is 1. The van der Waals surface area contributed by atoms with E-state index in [0.717, 1.165) is 0 Å². The summed E-state index contributed by atoms with van der Waals surface area (Å²) in [4.78, 5) is 18.9. The fourth-order valence-corrected chi connectivity index (χ4v) is 1.25. The number of aliphatic imine (C=N–C) groups is 1. The third kappa shape index (κ3) is 2.09. The summed E-state index contributed by atoms with van der Waals surface area (Å²) in [5.74, 6) is 0.796. The fourth-order valence-electron chi connectivity index (χ4n) is 1.25. The van der Waals surface area contributed by atoms with E-state index in [9.17, 15) is 9.90 Å². The highest BCUT2D eigenvalue weighted by atomic mass is 16.5. The Morgan fingerprint density at radius 2 is 2.38 bits per heavy atom. The summed E-state index contributed by atoms with van der Waals surface area (Å²) in [7, 11) is 1.52. The van der Waals surface area contributed by atoms with Crippen molar-refractivity contribution in [1.82, 2.24) is 15.6 Å². The number of rotatable bonds is 2. The van der Waals surface area contributed by atoms with Crippen LogP contribution >= 0.6 is 0 Å². The Morgan fingerprint density at radius 3 is 3.06 bits per heavy atom. The minimum absolute atomic E-state index is 0.204.